The Morgan fingerprint density at radius 2 is 2.32 bits per heavy atom. The Labute approximate surface area is 129 Å². The van der Waals surface area contributed by atoms with E-state index in [2.05, 4.69) is 42.5 Å². The summed E-state index contributed by atoms with van der Waals surface area (Å²) in [5.74, 6) is 2.42. The zero-order chi connectivity index (χ0) is 15.4. The molecule has 0 aromatic carbocycles. The number of aromatic amines is 1. The molecule has 1 fully saturated rings. The molecule has 0 radical (unpaired) electrons. The Morgan fingerprint density at radius 1 is 1.41 bits per heavy atom. The molecule has 3 heterocycles. The van der Waals surface area contributed by atoms with Crippen molar-refractivity contribution in [2.45, 2.75) is 45.9 Å². The summed E-state index contributed by atoms with van der Waals surface area (Å²) < 4.78 is 7.67. The molecule has 2 aromatic rings. The molecule has 9 nitrogen and oxygen atoms in total. The van der Waals surface area contributed by atoms with Crippen molar-refractivity contribution < 1.29 is 4.74 Å². The van der Waals surface area contributed by atoms with Crippen LogP contribution >= 0.6 is 0 Å². The molecule has 1 saturated heterocycles. The van der Waals surface area contributed by atoms with Crippen LogP contribution in [0.15, 0.2) is 0 Å². The minimum atomic E-state index is -0.0985. The van der Waals surface area contributed by atoms with Crippen LogP contribution in [0.4, 0.5) is 0 Å². The highest BCUT2D eigenvalue weighted by Crippen LogP contribution is 2.20. The smallest absolute Gasteiger partial charge is 0.180 e. The SMILES string of the molecule is CCCCn1nnnc1CN1CCO[C@@H](c2n[nH]c(C)n2)C1. The third-order valence-corrected chi connectivity index (χ3v) is 3.75. The zero-order valence-corrected chi connectivity index (χ0v) is 13.1. The van der Waals surface area contributed by atoms with Crippen LogP contribution in [0.1, 0.15) is 43.3 Å². The standard InChI is InChI=1S/C13H22N8O/c1-3-4-5-21-12(16-18-19-21)9-20-6-7-22-11(8-20)13-14-10(2)15-17-13/h11H,3-9H2,1-2H3,(H,14,15,17)/t11-/m1/s1. The number of morpholine rings is 1. The summed E-state index contributed by atoms with van der Waals surface area (Å²) in [6.07, 6.45) is 2.11. The van der Waals surface area contributed by atoms with Gasteiger partial charge in [-0.3, -0.25) is 10.00 Å². The van der Waals surface area contributed by atoms with Crippen molar-refractivity contribution in [2.24, 2.45) is 0 Å². The normalized spacial score (nSPS) is 19.6. The van der Waals surface area contributed by atoms with Gasteiger partial charge in [0.2, 0.25) is 0 Å². The van der Waals surface area contributed by atoms with Crippen LogP contribution in [-0.2, 0) is 17.8 Å². The Balaban J connectivity index is 1.62. The second-order valence-corrected chi connectivity index (χ2v) is 5.55. The molecule has 9 heteroatoms. The first-order valence-electron chi connectivity index (χ1n) is 7.74. The van der Waals surface area contributed by atoms with E-state index in [9.17, 15) is 0 Å². The van der Waals surface area contributed by atoms with E-state index in [0.29, 0.717) is 12.4 Å². The van der Waals surface area contributed by atoms with Crippen LogP contribution in [0.2, 0.25) is 0 Å². The van der Waals surface area contributed by atoms with Gasteiger partial charge >= 0.3 is 0 Å². The van der Waals surface area contributed by atoms with Gasteiger partial charge in [-0.25, -0.2) is 9.67 Å². The maximum absolute atomic E-state index is 5.78. The molecule has 3 rings (SSSR count). The monoisotopic (exact) mass is 306 g/mol. The molecule has 0 aliphatic carbocycles. The van der Waals surface area contributed by atoms with Crippen molar-refractivity contribution in [3.05, 3.63) is 17.5 Å². The van der Waals surface area contributed by atoms with Gasteiger partial charge in [-0.2, -0.15) is 5.10 Å². The highest BCUT2D eigenvalue weighted by molar-refractivity contribution is 4.96. The summed E-state index contributed by atoms with van der Waals surface area (Å²) in [5, 5.41) is 19.1. The summed E-state index contributed by atoms with van der Waals surface area (Å²) >= 11 is 0. The molecule has 1 aliphatic rings. The number of nitrogens with one attached hydrogen (secondary N) is 1. The van der Waals surface area contributed by atoms with Gasteiger partial charge < -0.3 is 4.74 Å². The Morgan fingerprint density at radius 3 is 3.09 bits per heavy atom. The Kier molecular flexibility index (Phi) is 4.74. The second kappa shape index (κ2) is 6.93. The third-order valence-electron chi connectivity index (χ3n) is 3.75. The first kappa shape index (κ1) is 15.0. The number of ether oxygens (including phenoxy) is 1. The van der Waals surface area contributed by atoms with Gasteiger partial charge in [-0.1, -0.05) is 13.3 Å². The average molecular weight is 306 g/mol. The van der Waals surface area contributed by atoms with Crippen LogP contribution in [-0.4, -0.2) is 60.0 Å². The number of hydrogen-bond donors (Lipinski definition) is 1. The van der Waals surface area contributed by atoms with Gasteiger partial charge in [0.15, 0.2) is 11.6 Å². The molecule has 1 aliphatic heterocycles. The lowest BCUT2D eigenvalue weighted by atomic mass is 10.2. The quantitative estimate of drug-likeness (QED) is 0.828. The van der Waals surface area contributed by atoms with Crippen molar-refractivity contribution in [1.29, 1.82) is 0 Å². The maximum Gasteiger partial charge on any atom is 0.180 e. The summed E-state index contributed by atoms with van der Waals surface area (Å²) in [6, 6.07) is 0. The molecular weight excluding hydrogens is 284 g/mol. The van der Waals surface area contributed by atoms with Crippen LogP contribution in [0.3, 0.4) is 0 Å². The molecule has 0 bridgehead atoms. The van der Waals surface area contributed by atoms with Crippen molar-refractivity contribution in [1.82, 2.24) is 40.3 Å². The van der Waals surface area contributed by atoms with E-state index in [1.807, 2.05) is 11.6 Å². The minimum Gasteiger partial charge on any atom is -0.367 e. The van der Waals surface area contributed by atoms with Crippen molar-refractivity contribution in [3.8, 4) is 0 Å². The van der Waals surface area contributed by atoms with Crippen LogP contribution < -0.4 is 0 Å². The van der Waals surface area contributed by atoms with Crippen molar-refractivity contribution in [3.63, 3.8) is 0 Å². The summed E-state index contributed by atoms with van der Waals surface area (Å²) in [6.45, 7) is 7.91. The number of rotatable bonds is 6. The van der Waals surface area contributed by atoms with Gasteiger partial charge in [0.05, 0.1) is 13.2 Å². The minimum absolute atomic E-state index is 0.0985. The molecule has 2 aromatic heterocycles. The lowest BCUT2D eigenvalue weighted by Crippen LogP contribution is -2.38. The maximum atomic E-state index is 5.78. The molecule has 0 saturated carbocycles. The fraction of sp³-hybridized carbons (Fsp3) is 0.769. The summed E-state index contributed by atoms with van der Waals surface area (Å²) in [7, 11) is 0. The van der Waals surface area contributed by atoms with E-state index in [4.69, 9.17) is 4.74 Å². The largest absolute Gasteiger partial charge is 0.367 e. The van der Waals surface area contributed by atoms with Crippen LogP contribution in [0.25, 0.3) is 0 Å². The molecule has 120 valence electrons. The number of aromatic nitrogens is 7. The molecule has 1 atom stereocenters. The molecule has 0 spiro atoms. The van der Waals surface area contributed by atoms with Gasteiger partial charge in [0.1, 0.15) is 11.9 Å². The van der Waals surface area contributed by atoms with Crippen molar-refractivity contribution >= 4 is 0 Å². The number of nitrogens with zero attached hydrogens (tertiary/aromatic N) is 7. The average Bonchev–Trinajstić information content (AvgIpc) is 3.15. The predicted octanol–water partition coefficient (Wildman–Crippen LogP) is 0.473. The number of H-pyrrole nitrogens is 1. The fourth-order valence-corrected chi connectivity index (χ4v) is 2.52. The Bertz CT molecular complexity index is 594. The van der Waals surface area contributed by atoms with Crippen LogP contribution in [0.5, 0.6) is 0 Å². The molecule has 0 amide bonds. The highest BCUT2D eigenvalue weighted by atomic mass is 16.5. The zero-order valence-electron chi connectivity index (χ0n) is 13.1. The van der Waals surface area contributed by atoms with Gasteiger partial charge in [0.25, 0.3) is 0 Å². The lowest BCUT2D eigenvalue weighted by molar-refractivity contribution is -0.0381. The summed E-state index contributed by atoms with van der Waals surface area (Å²) in [5.41, 5.74) is 0. The van der Waals surface area contributed by atoms with E-state index in [1.54, 1.807) is 0 Å². The second-order valence-electron chi connectivity index (χ2n) is 5.55. The van der Waals surface area contributed by atoms with E-state index < -0.39 is 0 Å². The van der Waals surface area contributed by atoms with Gasteiger partial charge in [-0.15, -0.1) is 5.10 Å². The molecule has 1 N–H and O–H groups in total. The van der Waals surface area contributed by atoms with Crippen LogP contribution in [0, 0.1) is 6.92 Å². The summed E-state index contributed by atoms with van der Waals surface area (Å²) in [4.78, 5) is 6.65. The van der Waals surface area contributed by atoms with E-state index in [0.717, 1.165) is 50.7 Å². The van der Waals surface area contributed by atoms with E-state index in [1.165, 1.54) is 0 Å². The highest BCUT2D eigenvalue weighted by Gasteiger charge is 2.26. The first-order chi connectivity index (χ1) is 10.8. The first-order valence-corrected chi connectivity index (χ1v) is 7.74. The molecular formula is C13H22N8O. The van der Waals surface area contributed by atoms with E-state index in [-0.39, 0.29) is 6.10 Å². The Hall–Kier alpha value is -1.87. The predicted molar refractivity (Wildman–Crippen MR) is 77.8 cm³/mol. The topological polar surface area (TPSA) is 97.6 Å². The number of aryl methyl sites for hydroxylation is 2. The number of tetrazole rings is 1. The van der Waals surface area contributed by atoms with Crippen molar-refractivity contribution in [2.75, 3.05) is 19.7 Å². The molecule has 0 unspecified atom stereocenters. The number of hydrogen-bond acceptors (Lipinski definition) is 7. The number of unbranched alkanes of at least 4 members (excludes halogenated alkanes) is 1. The van der Waals surface area contributed by atoms with E-state index >= 15 is 0 Å². The molecule has 22 heavy (non-hydrogen) atoms. The third kappa shape index (κ3) is 3.47. The fourth-order valence-electron chi connectivity index (χ4n) is 2.52. The van der Waals surface area contributed by atoms with Gasteiger partial charge in [-0.05, 0) is 23.8 Å². The lowest BCUT2D eigenvalue weighted by Gasteiger charge is -2.31. The van der Waals surface area contributed by atoms with Gasteiger partial charge in [0, 0.05) is 19.6 Å².